The van der Waals surface area contributed by atoms with Gasteiger partial charge in [-0.05, 0) is 64.8 Å². The zero-order chi connectivity index (χ0) is 14.3. The molecular weight excluding hydrogens is 246 g/mol. The van der Waals surface area contributed by atoms with Crippen LogP contribution in [0.4, 0.5) is 0 Å². The zero-order valence-electron chi connectivity index (χ0n) is 13.6. The Morgan fingerprint density at radius 3 is 2.30 bits per heavy atom. The van der Waals surface area contributed by atoms with Crippen molar-refractivity contribution in [1.82, 2.24) is 9.80 Å². The Balaban J connectivity index is 1.68. The maximum Gasteiger partial charge on any atom is 0.0473 e. The number of nitrogens with two attached hydrogens (primary N) is 1. The molecule has 3 rings (SSSR count). The average Bonchev–Trinajstić information content (AvgIpc) is 3.23. The molecule has 0 spiro atoms. The minimum atomic E-state index is 0.243. The third kappa shape index (κ3) is 2.65. The van der Waals surface area contributed by atoms with E-state index in [1.54, 1.807) is 0 Å². The molecule has 2 aliphatic carbocycles. The van der Waals surface area contributed by atoms with Gasteiger partial charge in [-0.1, -0.05) is 6.92 Å². The first kappa shape index (κ1) is 14.8. The van der Waals surface area contributed by atoms with Gasteiger partial charge in [-0.2, -0.15) is 0 Å². The number of hydrogen-bond acceptors (Lipinski definition) is 3. The fourth-order valence-corrected chi connectivity index (χ4v) is 4.69. The summed E-state index contributed by atoms with van der Waals surface area (Å²) in [5.74, 6) is 0.930. The molecule has 3 nitrogen and oxygen atoms in total. The zero-order valence-corrected chi connectivity index (χ0v) is 13.6. The van der Waals surface area contributed by atoms with Crippen LogP contribution in [0.3, 0.4) is 0 Å². The molecule has 0 bridgehead atoms. The summed E-state index contributed by atoms with van der Waals surface area (Å²) in [5, 5.41) is 0. The van der Waals surface area contributed by atoms with E-state index in [1.165, 1.54) is 51.5 Å². The van der Waals surface area contributed by atoms with E-state index >= 15 is 0 Å². The smallest absolute Gasteiger partial charge is 0.0473 e. The fraction of sp³-hybridized carbons (Fsp3) is 1.00. The summed E-state index contributed by atoms with van der Waals surface area (Å²) in [6.45, 7) is 6.84. The SMILES string of the molecule is CC1CCC(N(C)C2(CN)CC(C)N(C3CC3)C2)CC1. The molecule has 1 saturated heterocycles. The minimum absolute atomic E-state index is 0.243. The summed E-state index contributed by atoms with van der Waals surface area (Å²) < 4.78 is 0. The lowest BCUT2D eigenvalue weighted by Crippen LogP contribution is -2.58. The topological polar surface area (TPSA) is 32.5 Å². The van der Waals surface area contributed by atoms with Gasteiger partial charge < -0.3 is 5.73 Å². The van der Waals surface area contributed by atoms with Crippen LogP contribution in [0.2, 0.25) is 0 Å². The van der Waals surface area contributed by atoms with Crippen LogP contribution in [0, 0.1) is 5.92 Å². The fourth-order valence-electron chi connectivity index (χ4n) is 4.69. The van der Waals surface area contributed by atoms with Gasteiger partial charge >= 0.3 is 0 Å². The molecule has 2 N–H and O–H groups in total. The maximum absolute atomic E-state index is 6.28. The van der Waals surface area contributed by atoms with E-state index in [1.807, 2.05) is 0 Å². The lowest BCUT2D eigenvalue weighted by Gasteiger charge is -2.45. The molecular formula is C17H33N3. The number of likely N-dealkylation sites (N-methyl/N-ethyl adjacent to an activating group) is 1. The van der Waals surface area contributed by atoms with Crippen molar-refractivity contribution in [3.63, 3.8) is 0 Å². The van der Waals surface area contributed by atoms with Crippen LogP contribution in [0.5, 0.6) is 0 Å². The van der Waals surface area contributed by atoms with Gasteiger partial charge in [0.05, 0.1) is 0 Å². The molecule has 3 aliphatic rings. The van der Waals surface area contributed by atoms with Crippen molar-refractivity contribution in [3.05, 3.63) is 0 Å². The molecule has 0 aromatic rings. The summed E-state index contributed by atoms with van der Waals surface area (Å²) in [6, 6.07) is 2.36. The first-order valence-electron chi connectivity index (χ1n) is 8.74. The quantitative estimate of drug-likeness (QED) is 0.858. The van der Waals surface area contributed by atoms with Crippen LogP contribution in [0.1, 0.15) is 58.8 Å². The molecule has 2 unspecified atom stereocenters. The first-order chi connectivity index (χ1) is 9.55. The third-order valence-corrected chi connectivity index (χ3v) is 6.40. The Morgan fingerprint density at radius 2 is 1.75 bits per heavy atom. The molecule has 116 valence electrons. The Bertz CT molecular complexity index is 333. The largest absolute Gasteiger partial charge is 0.329 e. The van der Waals surface area contributed by atoms with Crippen molar-refractivity contribution < 1.29 is 0 Å². The second-order valence-electron chi connectivity index (χ2n) is 7.91. The molecule has 2 atom stereocenters. The number of nitrogens with zero attached hydrogens (tertiary/aromatic N) is 2. The van der Waals surface area contributed by atoms with Gasteiger partial charge in [0.15, 0.2) is 0 Å². The van der Waals surface area contributed by atoms with Crippen molar-refractivity contribution in [1.29, 1.82) is 0 Å². The maximum atomic E-state index is 6.28. The van der Waals surface area contributed by atoms with E-state index in [9.17, 15) is 0 Å². The van der Waals surface area contributed by atoms with Crippen molar-refractivity contribution >= 4 is 0 Å². The van der Waals surface area contributed by atoms with Crippen molar-refractivity contribution in [3.8, 4) is 0 Å². The van der Waals surface area contributed by atoms with Gasteiger partial charge in [-0.15, -0.1) is 0 Å². The number of rotatable bonds is 4. The van der Waals surface area contributed by atoms with Gasteiger partial charge in [0, 0.05) is 36.8 Å². The second-order valence-corrected chi connectivity index (χ2v) is 7.91. The Morgan fingerprint density at radius 1 is 1.10 bits per heavy atom. The molecule has 0 radical (unpaired) electrons. The van der Waals surface area contributed by atoms with Crippen LogP contribution in [-0.2, 0) is 0 Å². The van der Waals surface area contributed by atoms with Crippen LogP contribution >= 0.6 is 0 Å². The lowest BCUT2D eigenvalue weighted by molar-refractivity contribution is 0.0546. The van der Waals surface area contributed by atoms with E-state index in [0.717, 1.165) is 30.6 Å². The van der Waals surface area contributed by atoms with Crippen LogP contribution in [0.15, 0.2) is 0 Å². The predicted molar refractivity (Wildman–Crippen MR) is 84.8 cm³/mol. The van der Waals surface area contributed by atoms with E-state index in [0.29, 0.717) is 0 Å². The number of hydrogen-bond donors (Lipinski definition) is 1. The molecule has 2 saturated carbocycles. The molecule has 3 fully saturated rings. The standard InChI is InChI=1S/C17H33N3/c1-13-4-6-15(7-5-13)19(3)17(11-18)10-14(2)20(12-17)16-8-9-16/h13-16H,4-12,18H2,1-3H3. The van der Waals surface area contributed by atoms with Crippen molar-refractivity contribution in [2.24, 2.45) is 11.7 Å². The summed E-state index contributed by atoms with van der Waals surface area (Å²) in [5.41, 5.74) is 6.52. The molecule has 0 amide bonds. The normalized spacial score (nSPS) is 43.4. The van der Waals surface area contributed by atoms with Gasteiger partial charge in [0.25, 0.3) is 0 Å². The number of likely N-dealkylation sites (tertiary alicyclic amines) is 1. The van der Waals surface area contributed by atoms with E-state index in [4.69, 9.17) is 5.73 Å². The molecule has 0 aromatic carbocycles. The second kappa shape index (κ2) is 5.58. The van der Waals surface area contributed by atoms with Gasteiger partial charge in [-0.3, -0.25) is 9.80 Å². The van der Waals surface area contributed by atoms with E-state index < -0.39 is 0 Å². The van der Waals surface area contributed by atoms with Crippen LogP contribution in [0.25, 0.3) is 0 Å². The molecule has 0 aromatic heterocycles. The Hall–Kier alpha value is -0.120. The molecule has 20 heavy (non-hydrogen) atoms. The molecule has 1 heterocycles. The van der Waals surface area contributed by atoms with E-state index in [-0.39, 0.29) is 5.54 Å². The minimum Gasteiger partial charge on any atom is -0.329 e. The molecule has 1 aliphatic heterocycles. The van der Waals surface area contributed by atoms with Crippen molar-refractivity contribution in [2.75, 3.05) is 20.1 Å². The van der Waals surface area contributed by atoms with Crippen molar-refractivity contribution in [2.45, 2.75) is 82.5 Å². The highest BCUT2D eigenvalue weighted by Crippen LogP contribution is 2.41. The Kier molecular flexibility index (Phi) is 4.13. The molecule has 3 heteroatoms. The van der Waals surface area contributed by atoms with E-state index in [2.05, 4.69) is 30.7 Å². The monoisotopic (exact) mass is 279 g/mol. The average molecular weight is 279 g/mol. The first-order valence-corrected chi connectivity index (χ1v) is 8.74. The van der Waals surface area contributed by atoms with Gasteiger partial charge in [-0.25, -0.2) is 0 Å². The summed E-state index contributed by atoms with van der Waals surface area (Å²) in [6.07, 6.45) is 9.64. The highest BCUT2D eigenvalue weighted by Gasteiger charge is 2.49. The van der Waals surface area contributed by atoms with Crippen LogP contribution in [-0.4, -0.2) is 53.6 Å². The summed E-state index contributed by atoms with van der Waals surface area (Å²) >= 11 is 0. The van der Waals surface area contributed by atoms with Gasteiger partial charge in [0.2, 0.25) is 0 Å². The Labute approximate surface area is 124 Å². The predicted octanol–water partition coefficient (Wildman–Crippen LogP) is 2.45. The van der Waals surface area contributed by atoms with Gasteiger partial charge in [0.1, 0.15) is 0 Å². The van der Waals surface area contributed by atoms with Crippen LogP contribution < -0.4 is 5.73 Å². The summed E-state index contributed by atoms with van der Waals surface area (Å²) in [7, 11) is 2.36. The highest BCUT2D eigenvalue weighted by atomic mass is 15.3. The lowest BCUT2D eigenvalue weighted by atomic mass is 9.83. The summed E-state index contributed by atoms with van der Waals surface area (Å²) in [4.78, 5) is 5.44. The third-order valence-electron chi connectivity index (χ3n) is 6.40. The highest BCUT2D eigenvalue weighted by molar-refractivity contribution is 5.07.